The van der Waals surface area contributed by atoms with Gasteiger partial charge in [-0.25, -0.2) is 15.8 Å². The third kappa shape index (κ3) is 2.84. The number of likely N-dealkylation sites (tertiary alicyclic amines) is 1. The number of hydrogen-bond donors (Lipinski definition) is 2. The van der Waals surface area contributed by atoms with E-state index in [4.69, 9.17) is 5.84 Å². The average molecular weight is 289 g/mol. The Hall–Kier alpha value is -1.73. The highest BCUT2D eigenvalue weighted by atomic mass is 15.3. The van der Waals surface area contributed by atoms with Gasteiger partial charge in [0.2, 0.25) is 0 Å². The first-order valence-corrected chi connectivity index (χ1v) is 7.36. The second-order valence-electron chi connectivity index (χ2n) is 6.58. The molecule has 1 fully saturated rings. The fourth-order valence-electron chi connectivity index (χ4n) is 2.76. The van der Waals surface area contributed by atoms with E-state index in [1.165, 1.54) is 12.8 Å². The molecule has 0 bridgehead atoms. The normalized spacial score (nSPS) is 19.0. The lowest BCUT2D eigenvalue weighted by Gasteiger charge is -2.36. The standard InChI is InChI=1S/C14H23N7/c1-14(2)4-6-21(7-5-14)9-11-17-12(19-15)10-8-16-20(3)13(10)18-11/h8H,4-7,9,15H2,1-3H3,(H,17,18,19). The van der Waals surface area contributed by atoms with Gasteiger partial charge in [-0.3, -0.25) is 9.58 Å². The fraction of sp³-hybridized carbons (Fsp3) is 0.643. The van der Waals surface area contributed by atoms with Crippen molar-refractivity contribution >= 4 is 16.9 Å². The van der Waals surface area contributed by atoms with Gasteiger partial charge in [0.05, 0.1) is 18.1 Å². The van der Waals surface area contributed by atoms with Gasteiger partial charge in [0, 0.05) is 7.05 Å². The zero-order chi connectivity index (χ0) is 15.0. The van der Waals surface area contributed by atoms with Crippen LogP contribution in [-0.4, -0.2) is 37.7 Å². The molecular weight excluding hydrogens is 266 g/mol. The quantitative estimate of drug-likeness (QED) is 0.654. The molecule has 3 N–H and O–H groups in total. The average Bonchev–Trinajstić information content (AvgIpc) is 2.82. The molecule has 7 heteroatoms. The van der Waals surface area contributed by atoms with Crippen molar-refractivity contribution in [1.82, 2.24) is 24.6 Å². The number of aromatic nitrogens is 4. The molecule has 0 aromatic carbocycles. The number of nitrogens with zero attached hydrogens (tertiary/aromatic N) is 5. The van der Waals surface area contributed by atoms with Gasteiger partial charge in [-0.2, -0.15) is 5.10 Å². The molecule has 3 heterocycles. The summed E-state index contributed by atoms with van der Waals surface area (Å²) in [6.45, 7) is 7.60. The fourth-order valence-corrected chi connectivity index (χ4v) is 2.76. The number of anilines is 1. The van der Waals surface area contributed by atoms with Crippen molar-refractivity contribution < 1.29 is 0 Å². The van der Waals surface area contributed by atoms with Crippen LogP contribution >= 0.6 is 0 Å². The molecule has 3 rings (SSSR count). The van der Waals surface area contributed by atoms with E-state index in [0.29, 0.717) is 11.2 Å². The molecule has 0 radical (unpaired) electrons. The number of fused-ring (bicyclic) bond motifs is 1. The maximum Gasteiger partial charge on any atom is 0.163 e. The van der Waals surface area contributed by atoms with Crippen molar-refractivity contribution in [1.29, 1.82) is 0 Å². The molecule has 0 aliphatic carbocycles. The van der Waals surface area contributed by atoms with Crippen LogP contribution in [0.3, 0.4) is 0 Å². The second-order valence-corrected chi connectivity index (χ2v) is 6.58. The first-order valence-electron chi connectivity index (χ1n) is 7.36. The zero-order valence-corrected chi connectivity index (χ0v) is 12.9. The van der Waals surface area contributed by atoms with Crippen molar-refractivity contribution in [3.05, 3.63) is 12.0 Å². The van der Waals surface area contributed by atoms with E-state index in [-0.39, 0.29) is 0 Å². The van der Waals surface area contributed by atoms with Gasteiger partial charge in [0.1, 0.15) is 5.82 Å². The Kier molecular flexibility index (Phi) is 3.54. The van der Waals surface area contributed by atoms with Crippen molar-refractivity contribution in [2.24, 2.45) is 18.3 Å². The number of hydrazine groups is 1. The van der Waals surface area contributed by atoms with Crippen LogP contribution in [0.1, 0.15) is 32.5 Å². The summed E-state index contributed by atoms with van der Waals surface area (Å²) in [5, 5.41) is 5.07. The van der Waals surface area contributed by atoms with Gasteiger partial charge in [-0.1, -0.05) is 13.8 Å². The van der Waals surface area contributed by atoms with E-state index in [9.17, 15) is 0 Å². The SMILES string of the molecule is Cn1ncc2c(NN)nc(CN3CCC(C)(C)CC3)nc21. The highest BCUT2D eigenvalue weighted by Crippen LogP contribution is 2.30. The van der Waals surface area contributed by atoms with Crippen LogP contribution in [0.4, 0.5) is 5.82 Å². The number of nitrogens with two attached hydrogens (primary N) is 1. The van der Waals surface area contributed by atoms with Gasteiger partial charge >= 0.3 is 0 Å². The Morgan fingerprint density at radius 1 is 1.29 bits per heavy atom. The molecule has 7 nitrogen and oxygen atoms in total. The Morgan fingerprint density at radius 3 is 2.67 bits per heavy atom. The third-order valence-corrected chi connectivity index (χ3v) is 4.35. The topological polar surface area (TPSA) is 84.9 Å². The molecule has 1 aliphatic rings. The molecular formula is C14H23N7. The van der Waals surface area contributed by atoms with Crippen LogP contribution in [0.15, 0.2) is 6.20 Å². The van der Waals surface area contributed by atoms with E-state index in [2.05, 4.69) is 39.2 Å². The summed E-state index contributed by atoms with van der Waals surface area (Å²) in [5.74, 6) is 7.00. The Labute approximate surface area is 124 Å². The highest BCUT2D eigenvalue weighted by molar-refractivity contribution is 5.86. The monoisotopic (exact) mass is 289 g/mol. The van der Waals surface area contributed by atoms with E-state index >= 15 is 0 Å². The van der Waals surface area contributed by atoms with Crippen LogP contribution in [0.5, 0.6) is 0 Å². The van der Waals surface area contributed by atoms with Crippen molar-refractivity contribution in [3.8, 4) is 0 Å². The zero-order valence-electron chi connectivity index (χ0n) is 12.9. The third-order valence-electron chi connectivity index (χ3n) is 4.35. The Bertz CT molecular complexity index is 636. The van der Waals surface area contributed by atoms with Crippen LogP contribution < -0.4 is 11.3 Å². The van der Waals surface area contributed by atoms with Gasteiger partial charge in [0.25, 0.3) is 0 Å². The predicted molar refractivity (Wildman–Crippen MR) is 82.4 cm³/mol. The van der Waals surface area contributed by atoms with E-state index < -0.39 is 0 Å². The van der Waals surface area contributed by atoms with Crippen LogP contribution in [0.25, 0.3) is 11.0 Å². The number of aryl methyl sites for hydroxylation is 1. The summed E-state index contributed by atoms with van der Waals surface area (Å²) in [6, 6.07) is 0. The largest absolute Gasteiger partial charge is 0.308 e. The molecule has 1 aliphatic heterocycles. The van der Waals surface area contributed by atoms with Crippen LogP contribution in [0.2, 0.25) is 0 Å². The molecule has 0 spiro atoms. The first kappa shape index (κ1) is 14.2. The van der Waals surface area contributed by atoms with Crippen molar-refractivity contribution in [2.45, 2.75) is 33.2 Å². The van der Waals surface area contributed by atoms with E-state index in [1.807, 2.05) is 7.05 Å². The second kappa shape index (κ2) is 5.23. The Morgan fingerprint density at radius 2 is 2.00 bits per heavy atom. The summed E-state index contributed by atoms with van der Waals surface area (Å²) in [7, 11) is 1.88. The number of piperidine rings is 1. The summed E-state index contributed by atoms with van der Waals surface area (Å²) < 4.78 is 1.75. The van der Waals surface area contributed by atoms with Gasteiger partial charge in [-0.05, 0) is 31.3 Å². The number of rotatable bonds is 3. The van der Waals surface area contributed by atoms with Crippen LogP contribution in [-0.2, 0) is 13.6 Å². The minimum atomic E-state index is 0.452. The predicted octanol–water partition coefficient (Wildman–Crippen LogP) is 1.27. The molecule has 0 atom stereocenters. The maximum atomic E-state index is 5.57. The molecule has 2 aromatic rings. The molecule has 0 unspecified atom stereocenters. The number of hydrogen-bond acceptors (Lipinski definition) is 6. The molecule has 114 valence electrons. The van der Waals surface area contributed by atoms with E-state index in [1.54, 1.807) is 10.9 Å². The lowest BCUT2D eigenvalue weighted by Crippen LogP contribution is -2.37. The molecule has 2 aromatic heterocycles. The minimum absolute atomic E-state index is 0.452. The summed E-state index contributed by atoms with van der Waals surface area (Å²) >= 11 is 0. The minimum Gasteiger partial charge on any atom is -0.308 e. The number of nitrogens with one attached hydrogen (secondary N) is 1. The highest BCUT2D eigenvalue weighted by Gasteiger charge is 2.26. The maximum absolute atomic E-state index is 5.57. The molecule has 1 saturated heterocycles. The van der Waals surface area contributed by atoms with Crippen LogP contribution in [0, 0.1) is 5.41 Å². The summed E-state index contributed by atoms with van der Waals surface area (Å²) in [6.07, 6.45) is 4.16. The van der Waals surface area contributed by atoms with Gasteiger partial charge in [0.15, 0.2) is 11.5 Å². The van der Waals surface area contributed by atoms with Crippen molar-refractivity contribution in [2.75, 3.05) is 18.5 Å². The van der Waals surface area contributed by atoms with E-state index in [0.717, 1.165) is 36.5 Å². The smallest absolute Gasteiger partial charge is 0.163 e. The number of nitrogen functional groups attached to an aromatic ring is 1. The van der Waals surface area contributed by atoms with Gasteiger partial charge < -0.3 is 5.43 Å². The first-order chi connectivity index (χ1) is 9.98. The molecule has 21 heavy (non-hydrogen) atoms. The lowest BCUT2D eigenvalue weighted by atomic mass is 9.83. The molecule has 0 amide bonds. The van der Waals surface area contributed by atoms with Crippen molar-refractivity contribution in [3.63, 3.8) is 0 Å². The molecule has 0 saturated carbocycles. The van der Waals surface area contributed by atoms with Gasteiger partial charge in [-0.15, -0.1) is 0 Å². The Balaban J connectivity index is 1.82. The summed E-state index contributed by atoms with van der Waals surface area (Å²) in [4.78, 5) is 11.6. The lowest BCUT2D eigenvalue weighted by molar-refractivity contribution is 0.125. The summed E-state index contributed by atoms with van der Waals surface area (Å²) in [5.41, 5.74) is 3.91.